The Kier molecular flexibility index (Phi) is 11.0. The third-order valence-corrected chi connectivity index (χ3v) is 3.60. The highest BCUT2D eigenvalue weighted by molar-refractivity contribution is 5.79. The fraction of sp³-hybridized carbons (Fsp3) is 0.611. The molecule has 0 aliphatic heterocycles. The monoisotopic (exact) mass is 350 g/mol. The Morgan fingerprint density at radius 1 is 1.12 bits per heavy atom. The van der Waals surface area contributed by atoms with Gasteiger partial charge in [0.1, 0.15) is 0 Å². The molecule has 7 nitrogen and oxygen atoms in total. The van der Waals surface area contributed by atoms with E-state index in [0.29, 0.717) is 6.54 Å². The van der Waals surface area contributed by atoms with E-state index in [0.717, 1.165) is 50.7 Å². The number of ether oxygens (including phenoxy) is 1. The largest absolute Gasteiger partial charge is 0.382 e. The van der Waals surface area contributed by atoms with E-state index >= 15 is 0 Å². The molecule has 140 valence electrons. The van der Waals surface area contributed by atoms with E-state index in [9.17, 15) is 10.1 Å². The van der Waals surface area contributed by atoms with Gasteiger partial charge in [0.25, 0.3) is 5.69 Å². The normalized spacial score (nSPS) is 11.4. The Bertz CT molecular complexity index is 518. The average molecular weight is 350 g/mol. The molecule has 0 saturated carbocycles. The molecule has 1 aromatic carbocycles. The summed E-state index contributed by atoms with van der Waals surface area (Å²) in [6.45, 7) is 7.78. The van der Waals surface area contributed by atoms with Crippen LogP contribution in [0, 0.1) is 10.1 Å². The smallest absolute Gasteiger partial charge is 0.269 e. The molecule has 2 N–H and O–H groups in total. The Hall–Kier alpha value is -2.15. The number of nitrogens with zero attached hydrogens (tertiary/aromatic N) is 2. The standard InChI is InChI=1S/C18H30N4O3/c1-3-5-6-12-19-18(20-13-7-14-25-4-2)21-15-16-8-10-17(11-9-16)22(23)24/h8-11H,3-7,12-15H2,1-2H3,(H2,19,20,21). The van der Waals surface area contributed by atoms with Gasteiger partial charge in [-0.25, -0.2) is 4.99 Å². The molecular formula is C18H30N4O3. The molecule has 0 amide bonds. The zero-order valence-corrected chi connectivity index (χ0v) is 15.3. The first kappa shape index (κ1) is 20.9. The summed E-state index contributed by atoms with van der Waals surface area (Å²) in [6.07, 6.45) is 4.39. The zero-order valence-electron chi connectivity index (χ0n) is 15.3. The molecule has 0 saturated heterocycles. The third kappa shape index (κ3) is 9.66. The summed E-state index contributed by atoms with van der Waals surface area (Å²) in [7, 11) is 0. The molecule has 0 unspecified atom stereocenters. The molecule has 0 heterocycles. The van der Waals surface area contributed by atoms with Gasteiger partial charge < -0.3 is 15.4 Å². The number of hydrogen-bond donors (Lipinski definition) is 2. The summed E-state index contributed by atoms with van der Waals surface area (Å²) in [5, 5.41) is 17.3. The van der Waals surface area contributed by atoms with Crippen molar-refractivity contribution in [3.8, 4) is 0 Å². The second kappa shape index (κ2) is 13.2. The highest BCUT2D eigenvalue weighted by Crippen LogP contribution is 2.12. The van der Waals surface area contributed by atoms with Crippen LogP contribution in [0.1, 0.15) is 45.1 Å². The summed E-state index contributed by atoms with van der Waals surface area (Å²) in [5.74, 6) is 0.769. The maximum absolute atomic E-state index is 10.7. The van der Waals surface area contributed by atoms with Crippen LogP contribution in [0.5, 0.6) is 0 Å². The fourth-order valence-corrected chi connectivity index (χ4v) is 2.17. The summed E-state index contributed by atoms with van der Waals surface area (Å²) in [5.41, 5.74) is 1.04. The van der Waals surface area contributed by atoms with Crippen molar-refractivity contribution in [3.05, 3.63) is 39.9 Å². The minimum atomic E-state index is -0.395. The molecule has 25 heavy (non-hydrogen) atoms. The van der Waals surface area contributed by atoms with Crippen LogP contribution in [0.2, 0.25) is 0 Å². The van der Waals surface area contributed by atoms with Crippen LogP contribution < -0.4 is 10.6 Å². The van der Waals surface area contributed by atoms with Crippen molar-refractivity contribution in [3.63, 3.8) is 0 Å². The molecular weight excluding hydrogens is 320 g/mol. The molecule has 0 aliphatic rings. The lowest BCUT2D eigenvalue weighted by Crippen LogP contribution is -2.38. The number of guanidine groups is 1. The quantitative estimate of drug-likeness (QED) is 0.199. The number of non-ortho nitro benzene ring substituents is 1. The summed E-state index contributed by atoms with van der Waals surface area (Å²) >= 11 is 0. The van der Waals surface area contributed by atoms with Gasteiger partial charge in [-0.1, -0.05) is 31.9 Å². The SMILES string of the molecule is CCCCCNC(=NCc1ccc([N+](=O)[O-])cc1)NCCCOCC. The second-order valence-corrected chi connectivity index (χ2v) is 5.70. The Morgan fingerprint density at radius 3 is 2.40 bits per heavy atom. The number of aliphatic imine (C=N–C) groups is 1. The maximum atomic E-state index is 10.7. The fourth-order valence-electron chi connectivity index (χ4n) is 2.17. The van der Waals surface area contributed by atoms with Crippen molar-refractivity contribution in [2.24, 2.45) is 4.99 Å². The van der Waals surface area contributed by atoms with Gasteiger partial charge in [0, 0.05) is 38.4 Å². The van der Waals surface area contributed by atoms with E-state index in [1.807, 2.05) is 6.92 Å². The van der Waals surface area contributed by atoms with Crippen LogP contribution in [-0.4, -0.2) is 37.2 Å². The minimum Gasteiger partial charge on any atom is -0.382 e. The highest BCUT2D eigenvalue weighted by Gasteiger charge is 2.04. The van der Waals surface area contributed by atoms with Gasteiger partial charge in [-0.3, -0.25) is 10.1 Å². The number of nitro benzene ring substituents is 1. The zero-order chi connectivity index (χ0) is 18.3. The van der Waals surface area contributed by atoms with Crippen molar-refractivity contribution < 1.29 is 9.66 Å². The number of benzene rings is 1. The van der Waals surface area contributed by atoms with Gasteiger partial charge in [0.05, 0.1) is 11.5 Å². The number of hydrogen-bond acceptors (Lipinski definition) is 4. The minimum absolute atomic E-state index is 0.0969. The molecule has 0 aliphatic carbocycles. The van der Waals surface area contributed by atoms with E-state index < -0.39 is 4.92 Å². The van der Waals surface area contributed by atoms with Crippen LogP contribution in [-0.2, 0) is 11.3 Å². The van der Waals surface area contributed by atoms with Gasteiger partial charge in [0.15, 0.2) is 5.96 Å². The van der Waals surface area contributed by atoms with Crippen molar-refractivity contribution in [1.29, 1.82) is 0 Å². The summed E-state index contributed by atoms with van der Waals surface area (Å²) in [6, 6.07) is 6.50. The summed E-state index contributed by atoms with van der Waals surface area (Å²) < 4.78 is 5.33. The lowest BCUT2D eigenvalue weighted by Gasteiger charge is -2.12. The first-order valence-corrected chi connectivity index (χ1v) is 9.00. The second-order valence-electron chi connectivity index (χ2n) is 5.70. The Labute approximate surface area is 150 Å². The molecule has 0 bridgehead atoms. The predicted octanol–water partition coefficient (Wildman–Crippen LogP) is 3.25. The van der Waals surface area contributed by atoms with Gasteiger partial charge in [-0.2, -0.15) is 0 Å². The van der Waals surface area contributed by atoms with Crippen LogP contribution in [0.4, 0.5) is 5.69 Å². The van der Waals surface area contributed by atoms with Crippen LogP contribution in [0.15, 0.2) is 29.3 Å². The van der Waals surface area contributed by atoms with Crippen LogP contribution in [0.25, 0.3) is 0 Å². The van der Waals surface area contributed by atoms with E-state index in [1.165, 1.54) is 25.0 Å². The van der Waals surface area contributed by atoms with Gasteiger partial charge in [0.2, 0.25) is 0 Å². The van der Waals surface area contributed by atoms with Crippen LogP contribution >= 0.6 is 0 Å². The Balaban J connectivity index is 2.52. The molecule has 0 aromatic heterocycles. The van der Waals surface area contributed by atoms with E-state index in [1.54, 1.807) is 12.1 Å². The molecule has 0 atom stereocenters. The highest BCUT2D eigenvalue weighted by atomic mass is 16.6. The molecule has 0 fully saturated rings. The lowest BCUT2D eigenvalue weighted by molar-refractivity contribution is -0.384. The van der Waals surface area contributed by atoms with E-state index in [2.05, 4.69) is 22.5 Å². The van der Waals surface area contributed by atoms with Crippen molar-refractivity contribution in [1.82, 2.24) is 10.6 Å². The number of nitrogens with one attached hydrogen (secondary N) is 2. The first-order valence-electron chi connectivity index (χ1n) is 9.00. The topological polar surface area (TPSA) is 88.8 Å². The Morgan fingerprint density at radius 2 is 1.80 bits per heavy atom. The van der Waals surface area contributed by atoms with Crippen molar-refractivity contribution >= 4 is 11.6 Å². The van der Waals surface area contributed by atoms with Crippen molar-refractivity contribution in [2.75, 3.05) is 26.3 Å². The number of unbranched alkanes of at least 4 members (excludes halogenated alkanes) is 2. The molecule has 0 radical (unpaired) electrons. The van der Waals surface area contributed by atoms with E-state index in [4.69, 9.17) is 4.74 Å². The molecule has 1 rings (SSSR count). The van der Waals surface area contributed by atoms with Crippen molar-refractivity contribution in [2.45, 2.75) is 46.1 Å². The van der Waals surface area contributed by atoms with Gasteiger partial charge >= 0.3 is 0 Å². The predicted molar refractivity (Wildman–Crippen MR) is 101 cm³/mol. The third-order valence-electron chi connectivity index (χ3n) is 3.60. The summed E-state index contributed by atoms with van der Waals surface area (Å²) in [4.78, 5) is 14.9. The lowest BCUT2D eigenvalue weighted by atomic mass is 10.2. The average Bonchev–Trinajstić information content (AvgIpc) is 2.62. The molecule has 0 spiro atoms. The maximum Gasteiger partial charge on any atom is 0.269 e. The van der Waals surface area contributed by atoms with Gasteiger partial charge in [-0.15, -0.1) is 0 Å². The molecule has 1 aromatic rings. The number of rotatable bonds is 12. The number of nitro groups is 1. The molecule has 7 heteroatoms. The van der Waals surface area contributed by atoms with E-state index in [-0.39, 0.29) is 5.69 Å². The first-order chi connectivity index (χ1) is 12.2. The van der Waals surface area contributed by atoms with Crippen LogP contribution in [0.3, 0.4) is 0 Å². The van der Waals surface area contributed by atoms with Gasteiger partial charge in [-0.05, 0) is 25.3 Å².